The van der Waals surface area contributed by atoms with E-state index >= 15 is 0 Å². The molecule has 8 aromatic rings. The van der Waals surface area contributed by atoms with Gasteiger partial charge in [-0.25, -0.2) is 0 Å². The number of hydrogen-bond acceptors (Lipinski definition) is 3. The molecule has 0 saturated heterocycles. The lowest BCUT2D eigenvalue weighted by Gasteiger charge is -2.10. The van der Waals surface area contributed by atoms with Crippen LogP contribution in [-0.2, 0) is 6.67 Å². The average molecular weight is 584 g/mol. The zero-order chi connectivity index (χ0) is 29.5. The van der Waals surface area contributed by atoms with E-state index in [2.05, 4.69) is 102 Å². The van der Waals surface area contributed by atoms with Crippen LogP contribution in [-0.4, -0.2) is 10.3 Å². The maximum absolute atomic E-state index is 6.60. The summed E-state index contributed by atoms with van der Waals surface area (Å²) in [5.74, 6) is 0. The smallest absolute Gasteiger partial charge is 0.115 e. The van der Waals surface area contributed by atoms with Crippen molar-refractivity contribution in [2.75, 3.05) is 0 Å². The van der Waals surface area contributed by atoms with Crippen LogP contribution >= 0.6 is 11.3 Å². The number of nitrogens with two attached hydrogens (primary N) is 1. The van der Waals surface area contributed by atoms with Gasteiger partial charge in [-0.15, -0.1) is 11.3 Å². The van der Waals surface area contributed by atoms with E-state index in [1.807, 2.05) is 65.9 Å². The van der Waals surface area contributed by atoms with Crippen molar-refractivity contribution in [1.82, 2.24) is 4.57 Å². The standard InChI is InChI=1S/C40H29N3S/c41-35(27-12-3-1-4-13-27)25-36(28-14-5-2-6-15-28)42-26-43-37-20-9-7-16-31(37)32-23-22-29(24-38(32)43)30-18-11-19-34-33-17-8-10-21-39(33)44-40(30)34/h1-25H,26,41H2. The zero-order valence-electron chi connectivity index (χ0n) is 24.0. The first kappa shape index (κ1) is 26.2. The van der Waals surface area contributed by atoms with Crippen molar-refractivity contribution in [2.45, 2.75) is 6.67 Å². The molecule has 4 heteroatoms. The van der Waals surface area contributed by atoms with Gasteiger partial charge in [-0.05, 0) is 46.5 Å². The van der Waals surface area contributed by atoms with Gasteiger partial charge >= 0.3 is 0 Å². The molecule has 2 heterocycles. The van der Waals surface area contributed by atoms with E-state index in [4.69, 9.17) is 10.7 Å². The summed E-state index contributed by atoms with van der Waals surface area (Å²) < 4.78 is 4.96. The molecule has 0 bridgehead atoms. The lowest BCUT2D eigenvalue weighted by atomic mass is 10.0. The Hall–Kier alpha value is -5.45. The number of para-hydroxylation sites is 1. The second kappa shape index (κ2) is 11.0. The molecule has 0 saturated carbocycles. The molecule has 0 radical (unpaired) electrons. The number of nitrogens with zero attached hydrogens (tertiary/aromatic N) is 2. The Morgan fingerprint density at radius 2 is 1.27 bits per heavy atom. The lowest BCUT2D eigenvalue weighted by molar-refractivity contribution is 0.793. The van der Waals surface area contributed by atoms with Gasteiger partial charge in [0.1, 0.15) is 6.67 Å². The van der Waals surface area contributed by atoms with Crippen LogP contribution in [0.5, 0.6) is 0 Å². The monoisotopic (exact) mass is 583 g/mol. The van der Waals surface area contributed by atoms with Gasteiger partial charge in [0.2, 0.25) is 0 Å². The first-order valence-electron chi connectivity index (χ1n) is 14.8. The Morgan fingerprint density at radius 3 is 2.09 bits per heavy atom. The van der Waals surface area contributed by atoms with Gasteiger partial charge in [-0.1, -0.05) is 127 Å². The Bertz CT molecular complexity index is 2360. The van der Waals surface area contributed by atoms with Crippen LogP contribution in [0.25, 0.3) is 58.8 Å². The zero-order valence-corrected chi connectivity index (χ0v) is 24.8. The van der Waals surface area contributed by atoms with E-state index in [0.717, 1.165) is 27.9 Å². The van der Waals surface area contributed by atoms with Crippen LogP contribution in [0.15, 0.2) is 157 Å². The summed E-state index contributed by atoms with van der Waals surface area (Å²) in [6, 6.07) is 51.2. The predicted octanol–water partition coefficient (Wildman–Crippen LogP) is 10.3. The van der Waals surface area contributed by atoms with Crippen molar-refractivity contribution >= 4 is 64.7 Å². The quantitative estimate of drug-likeness (QED) is 0.194. The molecule has 0 spiro atoms. The molecule has 0 aliphatic heterocycles. The molecular weight excluding hydrogens is 555 g/mol. The van der Waals surface area contributed by atoms with Gasteiger partial charge in [-0.2, -0.15) is 0 Å². The van der Waals surface area contributed by atoms with Crippen molar-refractivity contribution in [3.63, 3.8) is 0 Å². The lowest BCUT2D eigenvalue weighted by Crippen LogP contribution is -2.06. The van der Waals surface area contributed by atoms with E-state index < -0.39 is 0 Å². The fraction of sp³-hybridized carbons (Fsp3) is 0.0250. The molecule has 8 rings (SSSR count). The Balaban J connectivity index is 1.29. The highest BCUT2D eigenvalue weighted by molar-refractivity contribution is 7.26. The highest BCUT2D eigenvalue weighted by atomic mass is 32.1. The molecule has 0 aliphatic carbocycles. The third kappa shape index (κ3) is 4.57. The van der Waals surface area contributed by atoms with Crippen molar-refractivity contribution < 1.29 is 0 Å². The molecule has 0 unspecified atom stereocenters. The maximum Gasteiger partial charge on any atom is 0.115 e. The van der Waals surface area contributed by atoms with E-state index in [9.17, 15) is 0 Å². The summed E-state index contributed by atoms with van der Waals surface area (Å²) in [4.78, 5) is 5.21. The molecule has 0 fully saturated rings. The van der Waals surface area contributed by atoms with Crippen LogP contribution in [0.3, 0.4) is 0 Å². The Labute approximate surface area is 259 Å². The normalized spacial score (nSPS) is 12.5. The summed E-state index contributed by atoms with van der Waals surface area (Å²) >= 11 is 1.87. The third-order valence-corrected chi connectivity index (χ3v) is 9.56. The number of fused-ring (bicyclic) bond motifs is 6. The van der Waals surface area contributed by atoms with Crippen molar-refractivity contribution in [3.8, 4) is 11.1 Å². The summed E-state index contributed by atoms with van der Waals surface area (Å²) in [7, 11) is 0. The maximum atomic E-state index is 6.60. The van der Waals surface area contributed by atoms with Gasteiger partial charge in [0, 0.05) is 36.6 Å². The largest absolute Gasteiger partial charge is 0.398 e. The van der Waals surface area contributed by atoms with Crippen LogP contribution in [0.2, 0.25) is 0 Å². The molecule has 0 atom stereocenters. The molecule has 0 aliphatic rings. The summed E-state index contributed by atoms with van der Waals surface area (Å²) in [6.45, 7) is 0.462. The summed E-state index contributed by atoms with van der Waals surface area (Å²) in [6.07, 6.45) is 1.99. The first-order valence-corrected chi connectivity index (χ1v) is 15.6. The van der Waals surface area contributed by atoms with E-state index in [0.29, 0.717) is 12.4 Å². The Kier molecular flexibility index (Phi) is 6.55. The molecular formula is C40H29N3S. The minimum Gasteiger partial charge on any atom is -0.398 e. The third-order valence-electron chi connectivity index (χ3n) is 8.34. The van der Waals surface area contributed by atoms with E-state index in [1.54, 1.807) is 0 Å². The fourth-order valence-corrected chi connectivity index (χ4v) is 7.42. The number of thiophene rings is 1. The fourth-order valence-electron chi connectivity index (χ4n) is 6.18. The topological polar surface area (TPSA) is 43.3 Å². The molecule has 0 amide bonds. The number of hydrogen-bond donors (Lipinski definition) is 1. The van der Waals surface area contributed by atoms with Crippen molar-refractivity contribution in [1.29, 1.82) is 0 Å². The first-order chi connectivity index (χ1) is 21.7. The average Bonchev–Trinajstić information content (AvgIpc) is 3.62. The van der Waals surface area contributed by atoms with E-state index in [-0.39, 0.29) is 0 Å². The SMILES string of the molecule is NC(=CC(=NCn1c2ccccc2c2ccc(-c3cccc4c3sc3ccccc34)cc21)c1ccccc1)c1ccccc1. The van der Waals surface area contributed by atoms with Gasteiger partial charge in [0.15, 0.2) is 0 Å². The molecule has 210 valence electrons. The highest BCUT2D eigenvalue weighted by Gasteiger charge is 2.15. The van der Waals surface area contributed by atoms with Crippen LogP contribution in [0, 0.1) is 0 Å². The second-order valence-corrected chi connectivity index (χ2v) is 12.0. The predicted molar refractivity (Wildman–Crippen MR) is 189 cm³/mol. The highest BCUT2D eigenvalue weighted by Crippen LogP contribution is 2.41. The minimum absolute atomic E-state index is 0.462. The van der Waals surface area contributed by atoms with Gasteiger partial charge in [0.05, 0.1) is 16.7 Å². The molecule has 3 nitrogen and oxygen atoms in total. The number of aliphatic imine (C=N–C) groups is 1. The minimum atomic E-state index is 0.462. The molecule has 2 aromatic heterocycles. The number of allylic oxidation sites excluding steroid dienone is 1. The second-order valence-electron chi connectivity index (χ2n) is 11.0. The van der Waals surface area contributed by atoms with E-state index in [1.165, 1.54) is 42.1 Å². The molecule has 2 N–H and O–H groups in total. The van der Waals surface area contributed by atoms with Gasteiger partial charge in [-0.3, -0.25) is 4.99 Å². The van der Waals surface area contributed by atoms with Crippen LogP contribution < -0.4 is 5.73 Å². The van der Waals surface area contributed by atoms with Crippen LogP contribution in [0.1, 0.15) is 11.1 Å². The van der Waals surface area contributed by atoms with Gasteiger partial charge in [0.25, 0.3) is 0 Å². The van der Waals surface area contributed by atoms with Crippen molar-refractivity contribution in [2.24, 2.45) is 10.7 Å². The van der Waals surface area contributed by atoms with Gasteiger partial charge < -0.3 is 10.3 Å². The summed E-state index contributed by atoms with van der Waals surface area (Å²) in [5.41, 5.74) is 14.9. The van der Waals surface area contributed by atoms with Crippen LogP contribution in [0.4, 0.5) is 0 Å². The Morgan fingerprint density at radius 1 is 0.614 bits per heavy atom. The number of rotatable bonds is 6. The summed E-state index contributed by atoms with van der Waals surface area (Å²) in [5, 5.41) is 5.08. The molecule has 6 aromatic carbocycles. The molecule has 44 heavy (non-hydrogen) atoms. The number of aromatic nitrogens is 1. The number of benzene rings is 6. The van der Waals surface area contributed by atoms with Crippen molar-refractivity contribution in [3.05, 3.63) is 163 Å².